The Morgan fingerprint density at radius 2 is 2.03 bits per heavy atom. The average molecular weight is 503 g/mol. The number of carbonyl (C=O) groups is 1. The van der Waals surface area contributed by atoms with Crippen LogP contribution in [0.3, 0.4) is 0 Å². The Morgan fingerprint density at radius 1 is 1.32 bits per heavy atom. The highest BCUT2D eigenvalue weighted by atomic mass is 35.5. The van der Waals surface area contributed by atoms with Crippen LogP contribution in [0.15, 0.2) is 22.5 Å². The van der Waals surface area contributed by atoms with Gasteiger partial charge in [0.15, 0.2) is 9.84 Å². The molecule has 1 atom stereocenters. The molecule has 1 spiro atoms. The van der Waals surface area contributed by atoms with Crippen LogP contribution >= 0.6 is 34.5 Å². The van der Waals surface area contributed by atoms with Gasteiger partial charge < -0.3 is 11.1 Å². The summed E-state index contributed by atoms with van der Waals surface area (Å²) in [5.41, 5.74) is 6.99. The van der Waals surface area contributed by atoms with Crippen LogP contribution in [0.5, 0.6) is 0 Å². The number of aliphatic imine (C=N–C) groups is 1. The highest BCUT2D eigenvalue weighted by Crippen LogP contribution is 2.44. The topological polar surface area (TPSA) is 115 Å². The molecule has 0 unspecified atom stereocenters. The van der Waals surface area contributed by atoms with Crippen molar-refractivity contribution < 1.29 is 13.2 Å². The first-order valence-corrected chi connectivity index (χ1v) is 14.0. The van der Waals surface area contributed by atoms with E-state index < -0.39 is 20.6 Å². The molecule has 11 heteroatoms. The molecule has 1 aliphatic heterocycles. The maximum absolute atomic E-state index is 13.2. The third-order valence-corrected chi connectivity index (χ3v) is 10.4. The Labute approximate surface area is 196 Å². The molecule has 1 saturated carbocycles. The number of sulfone groups is 1. The zero-order valence-corrected chi connectivity index (χ0v) is 20.8. The predicted molar refractivity (Wildman–Crippen MR) is 128 cm³/mol. The molecule has 1 amide bonds. The van der Waals surface area contributed by atoms with Crippen molar-refractivity contribution in [2.24, 2.45) is 10.7 Å². The van der Waals surface area contributed by atoms with Gasteiger partial charge in [-0.1, -0.05) is 44.7 Å². The number of hydrogen-bond donors (Lipinski definition) is 2. The minimum atomic E-state index is -3.48. The average Bonchev–Trinajstić information content (AvgIpc) is 3.42. The van der Waals surface area contributed by atoms with E-state index in [2.05, 4.69) is 14.7 Å². The maximum atomic E-state index is 13.2. The number of amidine groups is 1. The van der Waals surface area contributed by atoms with E-state index >= 15 is 0 Å². The van der Waals surface area contributed by atoms with Gasteiger partial charge in [-0.05, 0) is 36.5 Å². The summed E-state index contributed by atoms with van der Waals surface area (Å²) in [6, 6.07) is 2.72. The predicted octanol–water partition coefficient (Wildman–Crippen LogP) is 4.34. The molecule has 7 nitrogen and oxygen atoms in total. The van der Waals surface area contributed by atoms with Crippen molar-refractivity contribution in [3.63, 3.8) is 0 Å². The zero-order chi connectivity index (χ0) is 22.6. The largest absolute Gasteiger partial charge is 0.386 e. The summed E-state index contributed by atoms with van der Waals surface area (Å²) in [6.45, 7) is 4.32. The van der Waals surface area contributed by atoms with Gasteiger partial charge in [0, 0.05) is 10.3 Å². The molecule has 0 bridgehead atoms. The standard InChI is InChI=1S/C18H21ClN4O3S3.C2H6/c19-12-8-14(16(24)21-9-11-4-7-27-23-11)28-15(12)13-10-29(25,26)18(17(20)22-13)5-2-1-3-6-18;1-2/h4,7-8,13H,1-3,5-6,9-10H2,(H2,20,22)(H,21,24);1-2H3/t13-;/m0./s1. The molecule has 31 heavy (non-hydrogen) atoms. The van der Waals surface area contributed by atoms with Crippen molar-refractivity contribution in [3.8, 4) is 0 Å². The molecule has 1 fully saturated rings. The number of thiophene rings is 1. The first-order chi connectivity index (χ1) is 14.8. The van der Waals surface area contributed by atoms with Crippen molar-refractivity contribution in [1.29, 1.82) is 0 Å². The monoisotopic (exact) mass is 502 g/mol. The minimum Gasteiger partial charge on any atom is -0.386 e. The summed E-state index contributed by atoms with van der Waals surface area (Å²) in [5.74, 6) is -0.226. The van der Waals surface area contributed by atoms with Gasteiger partial charge in [0.05, 0.1) is 27.9 Å². The molecule has 170 valence electrons. The number of nitrogens with zero attached hydrogens (tertiary/aromatic N) is 2. The van der Waals surface area contributed by atoms with Crippen LogP contribution in [0.25, 0.3) is 0 Å². The Morgan fingerprint density at radius 3 is 2.65 bits per heavy atom. The van der Waals surface area contributed by atoms with Crippen LogP contribution < -0.4 is 11.1 Å². The van der Waals surface area contributed by atoms with Gasteiger partial charge in [0.25, 0.3) is 5.91 Å². The molecule has 3 heterocycles. The van der Waals surface area contributed by atoms with Crippen molar-refractivity contribution in [2.75, 3.05) is 5.75 Å². The molecule has 2 aliphatic rings. The van der Waals surface area contributed by atoms with Gasteiger partial charge in [-0.2, -0.15) is 4.37 Å². The van der Waals surface area contributed by atoms with Crippen LogP contribution in [0.1, 0.15) is 72.2 Å². The molecule has 2 aromatic heterocycles. The molecule has 1 aliphatic carbocycles. The van der Waals surface area contributed by atoms with Gasteiger partial charge in [0.2, 0.25) is 0 Å². The summed E-state index contributed by atoms with van der Waals surface area (Å²) in [4.78, 5) is 18.0. The van der Waals surface area contributed by atoms with Crippen molar-refractivity contribution >= 4 is 56.1 Å². The van der Waals surface area contributed by atoms with Crippen LogP contribution in [0.2, 0.25) is 5.02 Å². The van der Waals surface area contributed by atoms with Gasteiger partial charge in [-0.3, -0.25) is 9.79 Å². The van der Waals surface area contributed by atoms with Crippen molar-refractivity contribution in [2.45, 2.75) is 63.3 Å². The van der Waals surface area contributed by atoms with E-state index in [1.807, 2.05) is 25.3 Å². The second-order valence-electron chi connectivity index (χ2n) is 7.36. The quantitative estimate of drug-likeness (QED) is 0.645. The van der Waals surface area contributed by atoms with Crippen molar-refractivity contribution in [1.82, 2.24) is 9.69 Å². The fourth-order valence-electron chi connectivity index (χ4n) is 3.98. The van der Waals surface area contributed by atoms with Gasteiger partial charge in [-0.25, -0.2) is 8.42 Å². The Kier molecular flexibility index (Phi) is 7.77. The number of rotatable bonds is 4. The molecule has 2 aromatic rings. The lowest BCUT2D eigenvalue weighted by atomic mass is 9.87. The number of nitrogens with one attached hydrogen (secondary N) is 1. The second kappa shape index (κ2) is 9.97. The molecular weight excluding hydrogens is 476 g/mol. The molecule has 3 N–H and O–H groups in total. The molecule has 4 rings (SSSR count). The Bertz CT molecular complexity index is 1040. The summed E-state index contributed by atoms with van der Waals surface area (Å²) in [6.07, 6.45) is 3.75. The summed E-state index contributed by atoms with van der Waals surface area (Å²) in [7, 11) is -3.48. The molecule has 0 radical (unpaired) electrons. The van der Waals surface area contributed by atoms with Crippen LogP contribution in [0.4, 0.5) is 0 Å². The third-order valence-electron chi connectivity index (χ3n) is 5.56. The van der Waals surface area contributed by atoms with Gasteiger partial charge in [0.1, 0.15) is 16.6 Å². The number of hydrogen-bond acceptors (Lipinski definition) is 8. The fourth-order valence-corrected chi connectivity index (χ4v) is 8.31. The highest BCUT2D eigenvalue weighted by Gasteiger charge is 2.51. The van der Waals surface area contributed by atoms with E-state index in [0.29, 0.717) is 34.2 Å². The summed E-state index contributed by atoms with van der Waals surface area (Å²) >= 11 is 8.83. The fraction of sp³-hybridized carbons (Fsp3) is 0.550. The maximum Gasteiger partial charge on any atom is 0.261 e. The molecule has 0 aromatic carbocycles. The number of aromatic nitrogens is 1. The van der Waals surface area contributed by atoms with E-state index in [0.717, 1.165) is 36.3 Å². The number of halogens is 1. The van der Waals surface area contributed by atoms with Crippen LogP contribution in [-0.4, -0.2) is 35.0 Å². The second-order valence-corrected chi connectivity index (χ2v) is 11.9. The Balaban J connectivity index is 0.00000132. The van der Waals surface area contributed by atoms with E-state index in [1.54, 1.807) is 6.07 Å². The summed E-state index contributed by atoms with van der Waals surface area (Å²) < 4.78 is 29.4. The van der Waals surface area contributed by atoms with Gasteiger partial charge in [-0.15, -0.1) is 11.3 Å². The SMILES string of the molecule is CC.NC1=N[C@H](c2sc(C(=O)NCc3ccsn3)cc2Cl)CS(=O)(=O)C12CCCCC2. The molecule has 0 saturated heterocycles. The third kappa shape index (κ3) is 4.81. The van der Waals surface area contributed by atoms with E-state index in [9.17, 15) is 13.2 Å². The van der Waals surface area contributed by atoms with Gasteiger partial charge >= 0.3 is 0 Å². The smallest absolute Gasteiger partial charge is 0.261 e. The number of carbonyl (C=O) groups excluding carboxylic acids is 1. The lowest BCUT2D eigenvalue weighted by Crippen LogP contribution is -2.55. The number of nitrogens with two attached hydrogens (primary N) is 1. The first kappa shape index (κ1) is 24.2. The first-order valence-electron chi connectivity index (χ1n) is 10.4. The number of amides is 1. The highest BCUT2D eigenvalue weighted by molar-refractivity contribution is 7.93. The van der Waals surface area contributed by atoms with Crippen LogP contribution in [-0.2, 0) is 16.4 Å². The summed E-state index contributed by atoms with van der Waals surface area (Å²) in [5, 5.41) is 4.97. The van der Waals surface area contributed by atoms with Crippen molar-refractivity contribution in [3.05, 3.63) is 38.0 Å². The van der Waals surface area contributed by atoms with Crippen LogP contribution in [0, 0.1) is 0 Å². The van der Waals surface area contributed by atoms with E-state index in [1.165, 1.54) is 11.5 Å². The normalized spacial score (nSPS) is 21.6. The zero-order valence-electron chi connectivity index (χ0n) is 17.6. The van der Waals surface area contributed by atoms with E-state index in [-0.39, 0.29) is 17.5 Å². The lowest BCUT2D eigenvalue weighted by Gasteiger charge is -2.40. The Hall–Kier alpha value is -1.49. The molecular formula is C20H27ClN4O3S3. The van der Waals surface area contributed by atoms with E-state index in [4.69, 9.17) is 17.3 Å². The minimum absolute atomic E-state index is 0.131. The lowest BCUT2D eigenvalue weighted by molar-refractivity contribution is 0.0954.